The number of carbonyl (C=O) groups is 4. The lowest BCUT2D eigenvalue weighted by Gasteiger charge is -2.22. The summed E-state index contributed by atoms with van der Waals surface area (Å²) in [5, 5.41) is 12.6. The number of nitrogens with two attached hydrogens (primary N) is 1. The minimum absolute atomic E-state index is 0.0385. The molecule has 5 aromatic carbocycles. The molecular formula is C63H50F8N8O5. The SMILES string of the molecule is CC(Cc1cccc2c1NC(=O)C21CC1C(=O)N[C@@H](Cc1cc(F)cc(F)c1)c1ncccc1-c1cccc(C(N)=O)c1)Oc1ccc(-c2cccnc2[C@H](Cc2cc(F)cc(F)c2)NC(=O)Cn2nc(C(F)F)c3c2C(F)(F)C2CC32)cc1. The van der Waals surface area contributed by atoms with E-state index in [1.807, 2.05) is 13.0 Å². The fraction of sp³-hybridized carbons (Fsp3) is 0.254. The van der Waals surface area contributed by atoms with E-state index in [0.717, 1.165) is 35.9 Å². The third-order valence-corrected chi connectivity index (χ3v) is 16.2. The molecule has 2 saturated carbocycles. The largest absolute Gasteiger partial charge is 0.490 e. The van der Waals surface area contributed by atoms with Crippen molar-refractivity contribution in [1.29, 1.82) is 0 Å². The molecule has 0 bridgehead atoms. The number of anilines is 1. The first-order chi connectivity index (χ1) is 40.2. The Morgan fingerprint density at radius 2 is 1.35 bits per heavy atom. The van der Waals surface area contributed by atoms with Gasteiger partial charge < -0.3 is 26.4 Å². The topological polar surface area (TPSA) is 183 Å². The Kier molecular flexibility index (Phi) is 14.1. The highest BCUT2D eigenvalue weighted by atomic mass is 19.3. The number of alkyl halides is 4. The van der Waals surface area contributed by atoms with Crippen molar-refractivity contribution in [2.45, 2.75) is 87.4 Å². The molecule has 3 aromatic heterocycles. The zero-order valence-corrected chi connectivity index (χ0v) is 44.5. The second-order valence-corrected chi connectivity index (χ2v) is 21.8. The molecule has 0 saturated heterocycles. The van der Waals surface area contributed by atoms with Crippen molar-refractivity contribution in [3.05, 3.63) is 219 Å². The number of pyridine rings is 2. The molecular weight excluding hydrogens is 1100 g/mol. The number of fused-ring (bicyclic) bond motifs is 5. The van der Waals surface area contributed by atoms with Crippen LogP contribution >= 0.6 is 0 Å². The zero-order valence-electron chi connectivity index (χ0n) is 44.5. The van der Waals surface area contributed by atoms with E-state index in [1.165, 1.54) is 12.4 Å². The zero-order chi connectivity index (χ0) is 58.9. The molecule has 5 unspecified atom stereocenters. The van der Waals surface area contributed by atoms with Crippen LogP contribution in [0, 0.1) is 35.1 Å². The molecule has 1 spiro atoms. The number of rotatable bonds is 19. The average Bonchev–Trinajstić information content (AvgIpc) is 1.62. The molecule has 84 heavy (non-hydrogen) atoms. The summed E-state index contributed by atoms with van der Waals surface area (Å²) in [5.41, 5.74) is 7.88. The first-order valence-electron chi connectivity index (χ1n) is 27.0. The van der Waals surface area contributed by atoms with Gasteiger partial charge in [-0.15, -0.1) is 0 Å². The molecule has 1 aliphatic heterocycles. The van der Waals surface area contributed by atoms with Crippen molar-refractivity contribution in [1.82, 2.24) is 30.4 Å². The smallest absolute Gasteiger partial charge is 0.293 e. The highest BCUT2D eigenvalue weighted by Gasteiger charge is 2.69. The highest BCUT2D eigenvalue weighted by Crippen LogP contribution is 2.68. The van der Waals surface area contributed by atoms with E-state index >= 15 is 8.78 Å². The number of ether oxygens (including phenoxy) is 1. The number of hydrogen-bond donors (Lipinski definition) is 4. The monoisotopic (exact) mass is 1150 g/mol. The molecule has 4 heterocycles. The maximum Gasteiger partial charge on any atom is 0.293 e. The van der Waals surface area contributed by atoms with Gasteiger partial charge in [0, 0.05) is 64.8 Å². The van der Waals surface area contributed by atoms with Crippen molar-refractivity contribution in [2.75, 3.05) is 5.32 Å². The van der Waals surface area contributed by atoms with Crippen LogP contribution in [0.25, 0.3) is 22.3 Å². The first-order valence-corrected chi connectivity index (χ1v) is 27.0. The molecule has 21 heteroatoms. The van der Waals surface area contributed by atoms with Crippen molar-refractivity contribution in [3.8, 4) is 28.0 Å². The predicted octanol–water partition coefficient (Wildman–Crippen LogP) is 11.2. The Bertz CT molecular complexity index is 3930. The minimum Gasteiger partial charge on any atom is -0.490 e. The Hall–Kier alpha value is -9.27. The fourth-order valence-corrected chi connectivity index (χ4v) is 12.4. The molecule has 5 N–H and O–H groups in total. The van der Waals surface area contributed by atoms with Crippen LogP contribution < -0.4 is 26.4 Å². The summed E-state index contributed by atoms with van der Waals surface area (Å²) in [4.78, 5) is 63.7. The third kappa shape index (κ3) is 10.4. The van der Waals surface area contributed by atoms with E-state index in [1.54, 1.807) is 84.9 Å². The standard InChI is InChI=1S/C63H50F8N8O5/c1-31(18-36-7-3-11-46-53(36)77-61(83)62(46)29-48(62)60(82)76-50(24-33-21-40(66)27-41(67)22-33)55-44(10-5-17-74-55)35-6-2-8-37(25-35)59(72)81)84-42-14-12-34(13-15-42)43-9-4-16-73-54(43)49(23-32-19-38(64)26-39(65)20-32)75-51(80)30-79-57-52(56(78-79)58(68)69)45-28-47(45)63(57,70)71/h2-17,19-22,25-27,31,45,47-50,58H,18,23-24,28-30H2,1H3,(H2,72,81)(H,75,80)(H,76,82)(H,77,83)/t31?,45?,47?,48?,49-,50-,62?/m0/s1. The minimum atomic E-state index is -3.47. The molecule has 4 amide bonds. The molecule has 428 valence electrons. The predicted molar refractivity (Wildman–Crippen MR) is 290 cm³/mol. The number of para-hydroxylation sites is 1. The average molecular weight is 1150 g/mol. The lowest BCUT2D eigenvalue weighted by molar-refractivity contribution is -0.126. The molecule has 13 nitrogen and oxygen atoms in total. The summed E-state index contributed by atoms with van der Waals surface area (Å²) >= 11 is 0. The maximum absolute atomic E-state index is 15.4. The van der Waals surface area contributed by atoms with Crippen LogP contribution in [0.1, 0.15) is 105 Å². The number of hydrogen-bond acceptors (Lipinski definition) is 8. The number of aromatic nitrogens is 4. The second-order valence-electron chi connectivity index (χ2n) is 21.8. The van der Waals surface area contributed by atoms with Gasteiger partial charge in [0.15, 0.2) is 0 Å². The van der Waals surface area contributed by atoms with Crippen molar-refractivity contribution in [3.63, 3.8) is 0 Å². The van der Waals surface area contributed by atoms with E-state index in [9.17, 15) is 45.5 Å². The van der Waals surface area contributed by atoms with Gasteiger partial charge in [-0.2, -0.15) is 13.9 Å². The van der Waals surface area contributed by atoms with Crippen LogP contribution in [0.15, 0.2) is 140 Å². The molecule has 0 radical (unpaired) electrons. The fourth-order valence-electron chi connectivity index (χ4n) is 12.4. The molecule has 7 atom stereocenters. The van der Waals surface area contributed by atoms with Gasteiger partial charge in [-0.25, -0.2) is 26.3 Å². The van der Waals surface area contributed by atoms with Crippen LogP contribution in [0.5, 0.6) is 5.75 Å². The summed E-state index contributed by atoms with van der Waals surface area (Å²) in [7, 11) is 0. The Balaban J connectivity index is 0.753. The van der Waals surface area contributed by atoms with Crippen LogP contribution in [-0.4, -0.2) is 49.5 Å². The molecule has 4 aliphatic rings. The van der Waals surface area contributed by atoms with Gasteiger partial charge >= 0.3 is 0 Å². The summed E-state index contributed by atoms with van der Waals surface area (Å²) < 4.78 is 124. The Morgan fingerprint density at radius 1 is 0.738 bits per heavy atom. The molecule has 8 aromatic rings. The van der Waals surface area contributed by atoms with E-state index in [2.05, 4.69) is 31.0 Å². The summed E-state index contributed by atoms with van der Waals surface area (Å²) in [5.74, 6) is -11.6. The normalized spacial score (nSPS) is 19.6. The van der Waals surface area contributed by atoms with E-state index in [4.69, 9.17) is 10.5 Å². The number of benzene rings is 5. The van der Waals surface area contributed by atoms with Gasteiger partial charge in [-0.1, -0.05) is 54.6 Å². The van der Waals surface area contributed by atoms with Crippen LogP contribution in [0.3, 0.4) is 0 Å². The Morgan fingerprint density at radius 3 is 1.96 bits per heavy atom. The van der Waals surface area contributed by atoms with Gasteiger partial charge in [-0.05, 0) is 133 Å². The van der Waals surface area contributed by atoms with Crippen LogP contribution in [-0.2, 0) is 51.5 Å². The summed E-state index contributed by atoms with van der Waals surface area (Å²) in [6.07, 6.45) is -0.456. The lowest BCUT2D eigenvalue weighted by atomic mass is 9.91. The number of nitrogens with one attached hydrogen (secondary N) is 3. The number of amides is 4. The maximum atomic E-state index is 15.4. The van der Waals surface area contributed by atoms with E-state index in [0.29, 0.717) is 62.1 Å². The van der Waals surface area contributed by atoms with Crippen molar-refractivity contribution >= 4 is 29.3 Å². The molecule has 2 fully saturated rings. The van der Waals surface area contributed by atoms with E-state index < -0.39 is 113 Å². The van der Waals surface area contributed by atoms with E-state index in [-0.39, 0.29) is 59.5 Å². The highest BCUT2D eigenvalue weighted by molar-refractivity contribution is 6.13. The number of primary amides is 1. The van der Waals surface area contributed by atoms with Crippen molar-refractivity contribution in [2.24, 2.45) is 17.6 Å². The number of carbonyl (C=O) groups excluding carboxylic acids is 4. The van der Waals surface area contributed by atoms with Gasteiger partial charge in [0.2, 0.25) is 23.6 Å². The second kappa shape index (κ2) is 21.5. The van der Waals surface area contributed by atoms with Crippen LogP contribution in [0.2, 0.25) is 0 Å². The van der Waals surface area contributed by atoms with Crippen molar-refractivity contribution < 1.29 is 59.0 Å². The van der Waals surface area contributed by atoms with Gasteiger partial charge in [-0.3, -0.25) is 33.8 Å². The lowest BCUT2D eigenvalue weighted by Crippen LogP contribution is -2.35. The van der Waals surface area contributed by atoms with Crippen LogP contribution in [0.4, 0.5) is 40.8 Å². The number of halogens is 8. The third-order valence-electron chi connectivity index (χ3n) is 16.2. The van der Waals surface area contributed by atoms with Gasteiger partial charge in [0.1, 0.15) is 47.0 Å². The molecule has 3 aliphatic carbocycles. The molecule has 12 rings (SSSR count). The number of nitrogens with zero attached hydrogens (tertiary/aromatic N) is 4. The Labute approximate surface area is 474 Å². The summed E-state index contributed by atoms with van der Waals surface area (Å²) in [6, 6.07) is 29.4. The van der Waals surface area contributed by atoms with Gasteiger partial charge in [0.25, 0.3) is 12.3 Å². The first kappa shape index (κ1) is 55.3. The van der Waals surface area contributed by atoms with Gasteiger partial charge in [0.05, 0.1) is 40.9 Å². The summed E-state index contributed by atoms with van der Waals surface area (Å²) in [6.45, 7) is 0.992. The quantitative estimate of drug-likeness (QED) is 0.0577.